The number of benzene rings is 2. The number of nitrogens with zero attached hydrogens (tertiary/aromatic N) is 9. The molecular formula is C53H56ClN11O5S2. The fraction of sp³-hybridized carbons (Fsp3) is 0.377. The van der Waals surface area contributed by atoms with Crippen LogP contribution in [-0.4, -0.2) is 98.8 Å². The summed E-state index contributed by atoms with van der Waals surface area (Å²) in [6.45, 7) is 13.9. The molecule has 16 nitrogen and oxygen atoms in total. The SMILES string of the molecule is Cc1ncsc1-c1ccc([C@H](C)NC(=O)[C@@H]2C[C@@H](O)CN2C(=O)[C@H](C(C)C)n2cc(-c3cc(O[C@H]4C[C@H](NC(=O)C[C@@H]5N=C(c6ccc(Cl)cc6)c6c(sc(C)c6C)-n6c(C)nnc65)C4)ccn3)cn2)cc1. The number of ether oxygens (including phenoxy) is 1. The molecule has 1 aliphatic carbocycles. The Labute approximate surface area is 430 Å². The molecule has 2 fully saturated rings. The van der Waals surface area contributed by atoms with Gasteiger partial charge in [0.05, 0.1) is 52.3 Å². The molecule has 1 saturated heterocycles. The van der Waals surface area contributed by atoms with Crippen LogP contribution in [0.1, 0.15) is 109 Å². The monoisotopic (exact) mass is 1030 g/mol. The highest BCUT2D eigenvalue weighted by Gasteiger charge is 2.43. The normalized spacial score (nSPS) is 20.2. The number of pyridine rings is 1. The van der Waals surface area contributed by atoms with Crippen molar-refractivity contribution in [3.05, 3.63) is 134 Å². The Morgan fingerprint density at radius 1 is 0.931 bits per heavy atom. The van der Waals surface area contributed by atoms with Crippen LogP contribution < -0.4 is 15.4 Å². The smallest absolute Gasteiger partial charge is 0.248 e. The van der Waals surface area contributed by atoms with Gasteiger partial charge in [-0.3, -0.25) is 33.6 Å². The number of carbonyl (C=O) groups excluding carboxylic acids is 3. The number of aryl methyl sites for hydroxylation is 3. The van der Waals surface area contributed by atoms with E-state index < -0.39 is 24.2 Å². The number of β-amino-alcohol motifs (C(OH)–C–C–N with tert-alkyl or cyclic N) is 1. The summed E-state index contributed by atoms with van der Waals surface area (Å²) in [6, 6.07) is 16.7. The van der Waals surface area contributed by atoms with E-state index in [2.05, 4.69) is 49.7 Å². The zero-order chi connectivity index (χ0) is 50.5. The number of aromatic nitrogens is 7. The van der Waals surface area contributed by atoms with Gasteiger partial charge in [0, 0.05) is 76.9 Å². The third-order valence-electron chi connectivity index (χ3n) is 13.9. The van der Waals surface area contributed by atoms with Crippen LogP contribution >= 0.6 is 34.3 Å². The molecule has 1 saturated carbocycles. The number of aliphatic imine (C=N–C) groups is 1. The Kier molecular flexibility index (Phi) is 13.7. The largest absolute Gasteiger partial charge is 0.490 e. The number of amides is 3. The second kappa shape index (κ2) is 20.1. The minimum absolute atomic E-state index is 0.0406. The summed E-state index contributed by atoms with van der Waals surface area (Å²) >= 11 is 9.54. The average molecular weight is 1030 g/mol. The van der Waals surface area contributed by atoms with Gasteiger partial charge in [0.2, 0.25) is 17.7 Å². The molecule has 19 heteroatoms. The number of aliphatic hydroxyl groups is 1. The number of fused-ring (bicyclic) bond motifs is 3. The Hall–Kier alpha value is -6.60. The first-order chi connectivity index (χ1) is 34.6. The Morgan fingerprint density at radius 2 is 1.68 bits per heavy atom. The number of thiazole rings is 1. The standard InChI is InChI=1S/C53H56ClN11O5S2/c1-27(2)48(52(69)63-25-39(66)20-44(63)51(68)58-29(4)33-8-10-35(11-9-33)49-30(5)56-26-71-49)64-24-36(23-57-64)42-21-40(16-17-55-42)70-41-18-38(19-41)59-45(67)22-43-50-62-61-32(7)65(50)53-46(28(3)31(6)72-53)47(60-43)34-12-14-37(54)15-13-34/h8-17,21,23-24,26-27,29,38-39,41,43-44,48,66H,18-20,22,25H2,1-7H3,(H,58,68)(H,59,67)/t29-,38-,39+,41-,43-,44-,48-/m0/s1. The van der Waals surface area contributed by atoms with E-state index in [-0.39, 0.29) is 61.2 Å². The number of likely N-dealkylation sites (tertiary alicyclic amines) is 1. The zero-order valence-corrected chi connectivity index (χ0v) is 43.4. The summed E-state index contributed by atoms with van der Waals surface area (Å²) < 4.78 is 10.1. The molecule has 0 spiro atoms. The van der Waals surface area contributed by atoms with Crippen LogP contribution in [0.4, 0.5) is 0 Å². The van der Waals surface area contributed by atoms with E-state index in [1.54, 1.807) is 52.0 Å². The highest BCUT2D eigenvalue weighted by Crippen LogP contribution is 2.40. The first kappa shape index (κ1) is 49.0. The van der Waals surface area contributed by atoms with Gasteiger partial charge in [-0.1, -0.05) is 61.8 Å². The minimum atomic E-state index is -0.846. The first-order valence-electron chi connectivity index (χ1n) is 24.2. The molecule has 7 heterocycles. The van der Waals surface area contributed by atoms with Crippen molar-refractivity contribution in [2.45, 2.75) is 117 Å². The van der Waals surface area contributed by atoms with E-state index >= 15 is 0 Å². The number of hydrogen-bond donors (Lipinski definition) is 3. The van der Waals surface area contributed by atoms with E-state index in [1.165, 1.54) is 9.78 Å². The molecule has 0 unspecified atom stereocenters. The minimum Gasteiger partial charge on any atom is -0.490 e. The second-order valence-electron chi connectivity index (χ2n) is 19.4. The van der Waals surface area contributed by atoms with Crippen LogP contribution in [0.5, 0.6) is 5.75 Å². The summed E-state index contributed by atoms with van der Waals surface area (Å²) in [6.07, 6.45) is 5.63. The zero-order valence-electron chi connectivity index (χ0n) is 41.0. The average Bonchev–Trinajstić information content (AvgIpc) is 4.19. The number of aliphatic hydroxyl groups excluding tert-OH is 1. The highest BCUT2D eigenvalue weighted by atomic mass is 35.5. The molecule has 3 amide bonds. The van der Waals surface area contributed by atoms with E-state index in [1.807, 2.05) is 99.3 Å². The quantitative estimate of drug-likeness (QED) is 0.0949. The van der Waals surface area contributed by atoms with Crippen LogP contribution in [0.25, 0.3) is 26.7 Å². The Bertz CT molecular complexity index is 3190. The van der Waals surface area contributed by atoms with Crippen molar-refractivity contribution in [2.24, 2.45) is 10.9 Å². The van der Waals surface area contributed by atoms with Gasteiger partial charge < -0.3 is 25.4 Å². The predicted molar refractivity (Wildman–Crippen MR) is 278 cm³/mol. The van der Waals surface area contributed by atoms with E-state index in [4.69, 9.17) is 21.3 Å². The van der Waals surface area contributed by atoms with Gasteiger partial charge in [0.25, 0.3) is 0 Å². The molecule has 0 bridgehead atoms. The summed E-state index contributed by atoms with van der Waals surface area (Å²) in [5.74, 6) is 1.03. The number of rotatable bonds is 14. The van der Waals surface area contributed by atoms with Crippen LogP contribution in [0.2, 0.25) is 5.02 Å². The third-order valence-corrected chi connectivity index (χ3v) is 16.4. The molecule has 7 aromatic rings. The molecule has 3 N–H and O–H groups in total. The molecule has 2 aromatic carbocycles. The van der Waals surface area contributed by atoms with Crippen LogP contribution in [-0.2, 0) is 14.4 Å². The van der Waals surface area contributed by atoms with Gasteiger partial charge in [-0.25, -0.2) is 4.98 Å². The van der Waals surface area contributed by atoms with Crippen molar-refractivity contribution in [2.75, 3.05) is 6.54 Å². The molecule has 2 aliphatic heterocycles. The molecule has 372 valence electrons. The lowest BCUT2D eigenvalue weighted by molar-refractivity contribution is -0.142. The molecule has 3 aliphatic rings. The maximum absolute atomic E-state index is 14.4. The Morgan fingerprint density at radius 3 is 2.40 bits per heavy atom. The van der Waals surface area contributed by atoms with Crippen molar-refractivity contribution in [3.63, 3.8) is 0 Å². The molecule has 72 heavy (non-hydrogen) atoms. The van der Waals surface area contributed by atoms with Gasteiger partial charge >= 0.3 is 0 Å². The third kappa shape index (κ3) is 9.72. The van der Waals surface area contributed by atoms with Gasteiger partial charge in [-0.15, -0.1) is 32.9 Å². The lowest BCUT2D eigenvalue weighted by Gasteiger charge is -2.36. The molecule has 5 atom stereocenters. The topological polar surface area (TPSA) is 195 Å². The maximum Gasteiger partial charge on any atom is 0.248 e. The number of nitrogens with one attached hydrogen (secondary N) is 2. The predicted octanol–water partition coefficient (Wildman–Crippen LogP) is 8.64. The number of thiophene rings is 1. The van der Waals surface area contributed by atoms with Crippen LogP contribution in [0.15, 0.2) is 89.8 Å². The lowest BCUT2D eigenvalue weighted by Crippen LogP contribution is -2.49. The molecule has 10 rings (SSSR count). The lowest BCUT2D eigenvalue weighted by atomic mass is 9.89. The number of hydrogen-bond acceptors (Lipinski definition) is 13. The van der Waals surface area contributed by atoms with Crippen molar-refractivity contribution in [1.82, 2.24) is 50.0 Å². The summed E-state index contributed by atoms with van der Waals surface area (Å²) in [4.78, 5) is 60.0. The number of carbonyl (C=O) groups is 3. The summed E-state index contributed by atoms with van der Waals surface area (Å²) in [7, 11) is 0. The van der Waals surface area contributed by atoms with Crippen molar-refractivity contribution in [3.8, 4) is 32.4 Å². The number of halogens is 1. The van der Waals surface area contributed by atoms with E-state index in [9.17, 15) is 19.5 Å². The maximum atomic E-state index is 14.4. The molecule has 5 aromatic heterocycles. The van der Waals surface area contributed by atoms with Crippen molar-refractivity contribution < 1.29 is 24.2 Å². The van der Waals surface area contributed by atoms with E-state index in [0.29, 0.717) is 40.7 Å². The first-order valence-corrected chi connectivity index (χ1v) is 26.3. The van der Waals surface area contributed by atoms with Crippen molar-refractivity contribution in [1.29, 1.82) is 0 Å². The fourth-order valence-electron chi connectivity index (χ4n) is 9.91. The van der Waals surface area contributed by atoms with Crippen LogP contribution in [0.3, 0.4) is 0 Å². The van der Waals surface area contributed by atoms with Gasteiger partial charge in [-0.2, -0.15) is 5.10 Å². The van der Waals surface area contributed by atoms with Gasteiger partial charge in [0.1, 0.15) is 40.8 Å². The van der Waals surface area contributed by atoms with Crippen molar-refractivity contribution >= 4 is 57.7 Å². The summed E-state index contributed by atoms with van der Waals surface area (Å²) in [5.41, 5.74) is 9.93. The van der Waals surface area contributed by atoms with E-state index in [0.717, 1.165) is 54.9 Å². The molecular weight excluding hydrogens is 970 g/mol. The summed E-state index contributed by atoms with van der Waals surface area (Å²) in [5, 5.41) is 32.3. The highest BCUT2D eigenvalue weighted by molar-refractivity contribution is 7.15. The Balaban J connectivity index is 0.762. The van der Waals surface area contributed by atoms with Crippen LogP contribution in [0, 0.1) is 33.6 Å². The fourth-order valence-corrected chi connectivity index (χ4v) is 12.1. The van der Waals surface area contributed by atoms with Gasteiger partial charge in [0.15, 0.2) is 5.82 Å². The van der Waals surface area contributed by atoms with Gasteiger partial charge in [-0.05, 0) is 75.4 Å². The second-order valence-corrected chi connectivity index (χ2v) is 21.9. The molecule has 0 radical (unpaired) electrons.